The molecule has 1 rings (SSSR count). The van der Waals surface area contributed by atoms with E-state index in [-0.39, 0.29) is 12.0 Å². The van der Waals surface area contributed by atoms with Crippen LogP contribution >= 0.6 is 0 Å². The lowest BCUT2D eigenvalue weighted by Crippen LogP contribution is -2.16. The third kappa shape index (κ3) is 2.87. The minimum Gasteiger partial charge on any atom is -0.476 e. The molecule has 5 nitrogen and oxygen atoms in total. The molecule has 15 heavy (non-hydrogen) atoms. The minimum atomic E-state index is -1.48. The maximum absolute atomic E-state index is 13.0. The molecular formula is C9H7FN2O3. The molecule has 2 N–H and O–H groups in total. The van der Waals surface area contributed by atoms with Gasteiger partial charge in [0.15, 0.2) is 6.29 Å². The number of anilines is 1. The van der Waals surface area contributed by atoms with Crippen LogP contribution in [0.4, 0.5) is 10.1 Å². The number of hydrogen-bond donors (Lipinski definition) is 2. The maximum Gasteiger partial charge on any atom is 0.359 e. The Morgan fingerprint density at radius 2 is 2.13 bits per heavy atom. The molecule has 0 saturated carbocycles. The lowest BCUT2D eigenvalue weighted by atomic mass is 10.3. The van der Waals surface area contributed by atoms with Gasteiger partial charge in [-0.25, -0.2) is 9.18 Å². The van der Waals surface area contributed by atoms with E-state index in [1.165, 1.54) is 18.2 Å². The maximum atomic E-state index is 13.0. The summed E-state index contributed by atoms with van der Waals surface area (Å²) in [7, 11) is 0. The quantitative estimate of drug-likeness (QED) is 0.334. The van der Waals surface area contributed by atoms with Gasteiger partial charge in [0.05, 0.1) is 5.69 Å². The molecule has 1 aromatic carbocycles. The van der Waals surface area contributed by atoms with E-state index >= 15 is 0 Å². The van der Waals surface area contributed by atoms with Crippen LogP contribution in [0.5, 0.6) is 0 Å². The molecule has 0 aliphatic carbocycles. The highest BCUT2D eigenvalue weighted by atomic mass is 19.1. The van der Waals surface area contributed by atoms with E-state index in [9.17, 15) is 14.0 Å². The summed E-state index contributed by atoms with van der Waals surface area (Å²) in [6.07, 6.45) is 0.0657. The average Bonchev–Trinajstić information content (AvgIpc) is 2.21. The third-order valence-corrected chi connectivity index (χ3v) is 1.50. The van der Waals surface area contributed by atoms with Crippen molar-refractivity contribution in [1.29, 1.82) is 0 Å². The van der Waals surface area contributed by atoms with Crippen LogP contribution in [0.2, 0.25) is 0 Å². The zero-order valence-electron chi connectivity index (χ0n) is 7.48. The highest BCUT2D eigenvalue weighted by molar-refractivity contribution is 6.57. The highest BCUT2D eigenvalue weighted by Gasteiger charge is 2.07. The van der Waals surface area contributed by atoms with E-state index in [0.717, 1.165) is 0 Å². The number of nitrogens with one attached hydrogen (secondary N) is 1. The van der Waals surface area contributed by atoms with E-state index in [4.69, 9.17) is 5.11 Å². The number of benzene rings is 1. The van der Waals surface area contributed by atoms with Crippen LogP contribution in [0.15, 0.2) is 29.4 Å². The van der Waals surface area contributed by atoms with Crippen LogP contribution in [0, 0.1) is 5.82 Å². The number of halogens is 1. The Hall–Kier alpha value is -2.24. The van der Waals surface area contributed by atoms with E-state index < -0.39 is 17.5 Å². The van der Waals surface area contributed by atoms with Crippen molar-refractivity contribution in [2.45, 2.75) is 0 Å². The topological polar surface area (TPSA) is 78.8 Å². The van der Waals surface area contributed by atoms with Crippen LogP contribution in [-0.4, -0.2) is 23.1 Å². The fourth-order valence-corrected chi connectivity index (χ4v) is 0.797. The fourth-order valence-electron chi connectivity index (χ4n) is 0.797. The van der Waals surface area contributed by atoms with E-state index in [2.05, 4.69) is 10.5 Å². The third-order valence-electron chi connectivity index (χ3n) is 1.50. The van der Waals surface area contributed by atoms with Crippen molar-refractivity contribution in [2.24, 2.45) is 5.10 Å². The molecule has 0 unspecified atom stereocenters. The Morgan fingerprint density at radius 3 is 2.67 bits per heavy atom. The van der Waals surface area contributed by atoms with Gasteiger partial charge in [-0.05, 0) is 12.1 Å². The minimum absolute atomic E-state index is 0.00176. The zero-order valence-corrected chi connectivity index (χ0v) is 7.48. The van der Waals surface area contributed by atoms with Gasteiger partial charge in [0.25, 0.3) is 0 Å². The van der Waals surface area contributed by atoms with Crippen molar-refractivity contribution in [3.8, 4) is 0 Å². The summed E-state index contributed by atoms with van der Waals surface area (Å²) < 4.78 is 13.0. The van der Waals surface area contributed by atoms with Crippen LogP contribution in [0.3, 0.4) is 0 Å². The molecule has 0 bridgehead atoms. The summed E-state index contributed by atoms with van der Waals surface area (Å²) in [5.41, 5.74) is 1.42. The monoisotopic (exact) mass is 210 g/mol. The number of hydrogen-bond acceptors (Lipinski definition) is 4. The molecular weight excluding hydrogens is 203 g/mol. The Labute approximate surface area is 84.2 Å². The first kappa shape index (κ1) is 10.8. The van der Waals surface area contributed by atoms with Gasteiger partial charge >= 0.3 is 5.97 Å². The van der Waals surface area contributed by atoms with Gasteiger partial charge in [-0.2, -0.15) is 5.10 Å². The standard InChI is InChI=1S/C9H7FN2O3/c10-6-3-1-2-4-7(6)11-12-8(5-13)9(14)15/h1-5,11H,(H,14,15)/b12-8+. The second-order valence-corrected chi connectivity index (χ2v) is 2.51. The van der Waals surface area contributed by atoms with Gasteiger partial charge in [0, 0.05) is 0 Å². The summed E-state index contributed by atoms with van der Waals surface area (Å²) in [5, 5.41) is 11.7. The van der Waals surface area contributed by atoms with E-state index in [1.54, 1.807) is 6.07 Å². The normalized spacial score (nSPS) is 10.9. The second-order valence-electron chi connectivity index (χ2n) is 2.51. The smallest absolute Gasteiger partial charge is 0.359 e. The molecule has 0 fully saturated rings. The van der Waals surface area contributed by atoms with Crippen molar-refractivity contribution < 1.29 is 19.1 Å². The number of aliphatic carboxylic acids is 1. The molecule has 0 amide bonds. The number of aldehydes is 1. The zero-order chi connectivity index (χ0) is 11.3. The fraction of sp³-hybridized carbons (Fsp3) is 0. The second kappa shape index (κ2) is 4.85. The van der Waals surface area contributed by atoms with Gasteiger partial charge < -0.3 is 5.11 Å². The van der Waals surface area contributed by atoms with Gasteiger partial charge in [0.1, 0.15) is 5.82 Å². The number of rotatable bonds is 4. The van der Waals surface area contributed by atoms with Gasteiger partial charge in [-0.3, -0.25) is 10.2 Å². The summed E-state index contributed by atoms with van der Waals surface area (Å²) in [6, 6.07) is 5.56. The van der Waals surface area contributed by atoms with Crippen LogP contribution in [-0.2, 0) is 9.59 Å². The average molecular weight is 210 g/mol. The Kier molecular flexibility index (Phi) is 3.50. The highest BCUT2D eigenvalue weighted by Crippen LogP contribution is 2.11. The molecule has 1 aromatic rings. The molecule has 6 heteroatoms. The lowest BCUT2D eigenvalue weighted by molar-refractivity contribution is -0.129. The summed E-state index contributed by atoms with van der Waals surface area (Å²) in [5.74, 6) is -2.06. The van der Waals surface area contributed by atoms with Crippen molar-refractivity contribution in [2.75, 3.05) is 5.43 Å². The summed E-state index contributed by atoms with van der Waals surface area (Å²) in [4.78, 5) is 20.5. The van der Waals surface area contributed by atoms with Gasteiger partial charge in [-0.1, -0.05) is 12.1 Å². The number of carboxylic acids is 1. The molecule has 0 atom stereocenters. The molecule has 0 aliphatic heterocycles. The number of hydrazone groups is 1. The summed E-state index contributed by atoms with van der Waals surface area (Å²) >= 11 is 0. The van der Waals surface area contributed by atoms with Gasteiger partial charge in [-0.15, -0.1) is 0 Å². The molecule has 0 aliphatic rings. The van der Waals surface area contributed by atoms with Crippen LogP contribution < -0.4 is 5.43 Å². The van der Waals surface area contributed by atoms with Crippen LogP contribution in [0.1, 0.15) is 0 Å². The largest absolute Gasteiger partial charge is 0.476 e. The molecule has 0 saturated heterocycles. The number of carboxylic acid groups (broad SMARTS) is 1. The first-order chi connectivity index (χ1) is 7.15. The van der Waals surface area contributed by atoms with Gasteiger partial charge in [0.2, 0.25) is 5.71 Å². The number of nitrogens with zero attached hydrogens (tertiary/aromatic N) is 1. The molecule has 78 valence electrons. The SMILES string of the molecule is O=C/C(=N\Nc1ccccc1F)C(=O)O. The predicted molar refractivity (Wildman–Crippen MR) is 51.2 cm³/mol. The lowest BCUT2D eigenvalue weighted by Gasteiger charge is -2.00. The van der Waals surface area contributed by atoms with Crippen molar-refractivity contribution in [3.05, 3.63) is 30.1 Å². The Balaban J connectivity index is 2.83. The first-order valence-corrected chi connectivity index (χ1v) is 3.92. The first-order valence-electron chi connectivity index (χ1n) is 3.92. The molecule has 0 heterocycles. The number of carbonyl (C=O) groups is 2. The van der Waals surface area contributed by atoms with E-state index in [1.807, 2.05) is 0 Å². The Bertz CT molecular complexity index is 418. The number of para-hydroxylation sites is 1. The Morgan fingerprint density at radius 1 is 1.47 bits per heavy atom. The van der Waals surface area contributed by atoms with Crippen molar-refractivity contribution >= 4 is 23.7 Å². The van der Waals surface area contributed by atoms with E-state index in [0.29, 0.717) is 0 Å². The molecule has 0 radical (unpaired) electrons. The molecule has 0 aromatic heterocycles. The summed E-state index contributed by atoms with van der Waals surface area (Å²) in [6.45, 7) is 0. The number of carbonyl (C=O) groups excluding carboxylic acids is 1. The van der Waals surface area contributed by atoms with Crippen molar-refractivity contribution in [1.82, 2.24) is 0 Å². The van der Waals surface area contributed by atoms with Crippen molar-refractivity contribution in [3.63, 3.8) is 0 Å². The molecule has 0 spiro atoms. The predicted octanol–water partition coefficient (Wildman–Crippen LogP) is 0.877. The van der Waals surface area contributed by atoms with Crippen LogP contribution in [0.25, 0.3) is 0 Å².